The number of nitrogens with one attached hydrogen (secondary N) is 1. The van der Waals surface area contributed by atoms with Crippen LogP contribution in [0.1, 0.15) is 11.3 Å². The number of rotatable bonds is 4. The third kappa shape index (κ3) is 3.06. The van der Waals surface area contributed by atoms with E-state index in [1.54, 1.807) is 12.3 Å². The average molecular weight is 293 g/mol. The number of phenolic OH excluding ortho intramolecular Hbond substituents is 1. The first-order valence-corrected chi connectivity index (χ1v) is 7.37. The number of benzene rings is 1. The van der Waals surface area contributed by atoms with Gasteiger partial charge in [0, 0.05) is 6.20 Å². The topological polar surface area (TPSA) is 105 Å². The molecule has 0 unspecified atom stereocenters. The largest absolute Gasteiger partial charge is 0.506 e. The predicted octanol–water partition coefficient (Wildman–Crippen LogP) is 1.16. The molecule has 0 amide bonds. The maximum absolute atomic E-state index is 12.1. The standard InChI is InChI=1S/C13H15N3O3S/c1-9-3-2-6-15-12(9)8-16-20(18,19)10-4-5-13(17)11(14)7-10/h2-7,16-17H,8,14H2,1H3. The van der Waals surface area contributed by atoms with Crippen LogP contribution in [0.4, 0.5) is 5.69 Å². The molecule has 20 heavy (non-hydrogen) atoms. The number of nitrogens with two attached hydrogens (primary N) is 1. The molecule has 2 rings (SSSR count). The molecule has 0 atom stereocenters. The fourth-order valence-electron chi connectivity index (χ4n) is 1.65. The number of phenols is 1. The van der Waals surface area contributed by atoms with Crippen LogP contribution in [-0.2, 0) is 16.6 Å². The van der Waals surface area contributed by atoms with Crippen molar-refractivity contribution in [3.8, 4) is 5.75 Å². The van der Waals surface area contributed by atoms with Gasteiger partial charge in [-0.05, 0) is 36.8 Å². The number of nitrogen functional groups attached to an aromatic ring is 1. The second kappa shape index (κ2) is 5.48. The Morgan fingerprint density at radius 1 is 1.35 bits per heavy atom. The van der Waals surface area contributed by atoms with Gasteiger partial charge in [0.15, 0.2) is 0 Å². The highest BCUT2D eigenvalue weighted by molar-refractivity contribution is 7.89. The minimum Gasteiger partial charge on any atom is -0.506 e. The van der Waals surface area contributed by atoms with Crippen LogP contribution < -0.4 is 10.5 Å². The van der Waals surface area contributed by atoms with Gasteiger partial charge < -0.3 is 10.8 Å². The monoisotopic (exact) mass is 293 g/mol. The number of pyridine rings is 1. The maximum Gasteiger partial charge on any atom is 0.241 e. The second-order valence-corrected chi connectivity index (χ2v) is 6.08. The van der Waals surface area contributed by atoms with Crippen LogP contribution in [0.2, 0.25) is 0 Å². The Balaban J connectivity index is 2.19. The molecule has 0 aliphatic rings. The molecule has 1 aromatic heterocycles. The minimum absolute atomic E-state index is 0.00128. The first kappa shape index (κ1) is 14.3. The van der Waals surface area contributed by atoms with E-state index < -0.39 is 10.0 Å². The number of hydrogen-bond acceptors (Lipinski definition) is 5. The van der Waals surface area contributed by atoms with Crippen molar-refractivity contribution in [1.29, 1.82) is 0 Å². The fourth-order valence-corrected chi connectivity index (χ4v) is 2.67. The third-order valence-corrected chi connectivity index (χ3v) is 4.26. The van der Waals surface area contributed by atoms with E-state index in [1.165, 1.54) is 18.2 Å². The van der Waals surface area contributed by atoms with Gasteiger partial charge in [-0.3, -0.25) is 4.98 Å². The molecule has 106 valence electrons. The molecule has 0 saturated carbocycles. The number of aromatic hydroxyl groups is 1. The molecule has 2 aromatic rings. The lowest BCUT2D eigenvalue weighted by Crippen LogP contribution is -2.24. The summed E-state index contributed by atoms with van der Waals surface area (Å²) in [4.78, 5) is 4.12. The molecule has 6 nitrogen and oxygen atoms in total. The summed E-state index contributed by atoms with van der Waals surface area (Å²) in [7, 11) is -3.70. The van der Waals surface area contributed by atoms with Crippen molar-refractivity contribution >= 4 is 15.7 Å². The lowest BCUT2D eigenvalue weighted by atomic mass is 10.2. The van der Waals surface area contributed by atoms with E-state index in [0.29, 0.717) is 5.69 Å². The zero-order valence-electron chi connectivity index (χ0n) is 10.9. The van der Waals surface area contributed by atoms with Crippen LogP contribution >= 0.6 is 0 Å². The molecule has 0 spiro atoms. The van der Waals surface area contributed by atoms with Crippen molar-refractivity contribution in [2.45, 2.75) is 18.4 Å². The maximum atomic E-state index is 12.1. The van der Waals surface area contributed by atoms with Crippen LogP contribution in [0.3, 0.4) is 0 Å². The molecule has 1 heterocycles. The summed E-state index contributed by atoms with van der Waals surface area (Å²) < 4.78 is 26.7. The summed E-state index contributed by atoms with van der Waals surface area (Å²) in [5, 5.41) is 9.30. The van der Waals surface area contributed by atoms with Crippen LogP contribution in [-0.4, -0.2) is 18.5 Å². The first-order valence-electron chi connectivity index (χ1n) is 5.89. The number of hydrogen-bond donors (Lipinski definition) is 3. The number of anilines is 1. The number of nitrogens with zero attached hydrogens (tertiary/aromatic N) is 1. The predicted molar refractivity (Wildman–Crippen MR) is 75.5 cm³/mol. The summed E-state index contributed by atoms with van der Waals surface area (Å²) >= 11 is 0. The van der Waals surface area contributed by atoms with Crippen molar-refractivity contribution < 1.29 is 13.5 Å². The number of aromatic nitrogens is 1. The molecule has 0 saturated heterocycles. The molecular formula is C13H15N3O3S. The van der Waals surface area contributed by atoms with Crippen molar-refractivity contribution in [1.82, 2.24) is 9.71 Å². The molecule has 0 fully saturated rings. The van der Waals surface area contributed by atoms with Gasteiger partial charge in [-0.25, -0.2) is 13.1 Å². The smallest absolute Gasteiger partial charge is 0.241 e. The lowest BCUT2D eigenvalue weighted by Gasteiger charge is -2.09. The Kier molecular flexibility index (Phi) is 3.91. The van der Waals surface area contributed by atoms with Gasteiger partial charge in [-0.15, -0.1) is 0 Å². The van der Waals surface area contributed by atoms with E-state index in [-0.39, 0.29) is 22.9 Å². The van der Waals surface area contributed by atoms with E-state index in [0.717, 1.165) is 5.56 Å². The van der Waals surface area contributed by atoms with E-state index in [2.05, 4.69) is 9.71 Å². The molecular weight excluding hydrogens is 278 g/mol. The average Bonchev–Trinajstić information content (AvgIpc) is 2.41. The van der Waals surface area contributed by atoms with Crippen molar-refractivity contribution in [2.75, 3.05) is 5.73 Å². The summed E-state index contributed by atoms with van der Waals surface area (Å²) in [5.41, 5.74) is 7.07. The van der Waals surface area contributed by atoms with E-state index in [1.807, 2.05) is 13.0 Å². The molecule has 1 aromatic carbocycles. The zero-order chi connectivity index (χ0) is 14.8. The van der Waals surface area contributed by atoms with Crippen molar-refractivity contribution in [3.05, 3.63) is 47.8 Å². The van der Waals surface area contributed by atoms with Crippen LogP contribution in [0, 0.1) is 6.92 Å². The summed E-state index contributed by atoms with van der Waals surface area (Å²) in [6.45, 7) is 1.95. The minimum atomic E-state index is -3.70. The van der Waals surface area contributed by atoms with Gasteiger partial charge in [0.25, 0.3) is 0 Å². The summed E-state index contributed by atoms with van der Waals surface area (Å²) in [6.07, 6.45) is 1.61. The normalized spacial score (nSPS) is 11.4. The molecule has 4 N–H and O–H groups in total. The molecule has 0 aliphatic heterocycles. The molecule has 7 heteroatoms. The van der Waals surface area contributed by atoms with Gasteiger partial charge in [-0.2, -0.15) is 0 Å². The second-order valence-electron chi connectivity index (χ2n) is 4.31. The highest BCUT2D eigenvalue weighted by atomic mass is 32.2. The summed E-state index contributed by atoms with van der Waals surface area (Å²) in [5.74, 6) is -0.149. The SMILES string of the molecule is Cc1cccnc1CNS(=O)(=O)c1ccc(O)c(N)c1. The van der Waals surface area contributed by atoms with E-state index in [4.69, 9.17) is 5.73 Å². The van der Waals surface area contributed by atoms with Gasteiger partial charge in [0.1, 0.15) is 5.75 Å². The third-order valence-electron chi connectivity index (χ3n) is 2.86. The Morgan fingerprint density at radius 2 is 2.10 bits per heavy atom. The Hall–Kier alpha value is -2.12. The van der Waals surface area contributed by atoms with Crippen LogP contribution in [0.25, 0.3) is 0 Å². The van der Waals surface area contributed by atoms with E-state index in [9.17, 15) is 13.5 Å². The number of sulfonamides is 1. The lowest BCUT2D eigenvalue weighted by molar-refractivity contribution is 0.477. The zero-order valence-corrected chi connectivity index (χ0v) is 11.7. The highest BCUT2D eigenvalue weighted by Crippen LogP contribution is 2.23. The Bertz CT molecular complexity index is 729. The quantitative estimate of drug-likeness (QED) is 0.579. The highest BCUT2D eigenvalue weighted by Gasteiger charge is 2.15. The van der Waals surface area contributed by atoms with Crippen molar-refractivity contribution in [2.24, 2.45) is 0 Å². The molecule has 0 aliphatic carbocycles. The van der Waals surface area contributed by atoms with Crippen LogP contribution in [0.15, 0.2) is 41.4 Å². The van der Waals surface area contributed by atoms with Gasteiger partial charge >= 0.3 is 0 Å². The Labute approximate surface area is 117 Å². The molecule has 0 radical (unpaired) electrons. The number of aryl methyl sites for hydroxylation is 1. The van der Waals surface area contributed by atoms with Crippen LogP contribution in [0.5, 0.6) is 5.75 Å². The van der Waals surface area contributed by atoms with E-state index >= 15 is 0 Å². The van der Waals surface area contributed by atoms with Gasteiger partial charge in [0.05, 0.1) is 22.8 Å². The van der Waals surface area contributed by atoms with Gasteiger partial charge in [0.2, 0.25) is 10.0 Å². The van der Waals surface area contributed by atoms with Crippen molar-refractivity contribution in [3.63, 3.8) is 0 Å². The Morgan fingerprint density at radius 3 is 2.75 bits per heavy atom. The fraction of sp³-hybridized carbons (Fsp3) is 0.154. The van der Waals surface area contributed by atoms with Gasteiger partial charge in [-0.1, -0.05) is 6.07 Å². The molecule has 0 bridgehead atoms. The first-order chi connectivity index (χ1) is 9.40. The summed E-state index contributed by atoms with van der Waals surface area (Å²) in [6, 6.07) is 7.39.